The summed E-state index contributed by atoms with van der Waals surface area (Å²) in [6.07, 6.45) is 1.19. The van der Waals surface area contributed by atoms with E-state index in [-0.39, 0.29) is 35.3 Å². The van der Waals surface area contributed by atoms with Gasteiger partial charge in [0, 0.05) is 0 Å². The van der Waals surface area contributed by atoms with E-state index < -0.39 is 0 Å². The average Bonchev–Trinajstić information content (AvgIpc) is 2.41. The van der Waals surface area contributed by atoms with Gasteiger partial charge in [0.25, 0.3) is 0 Å². The smallest absolute Gasteiger partial charge is 0.872 e. The standard InChI is InChI=1S/C11H16.C6H6O.Na/c1-4-11(2,3)10-8-6-5-7-9-10;7-6-4-2-1-3-5-6;/h5-9H,4H2,1-3H3;1-5,7H;/q;;+1/p-1. The van der Waals surface area contributed by atoms with Gasteiger partial charge < -0.3 is 5.11 Å². The fourth-order valence-electron chi connectivity index (χ4n) is 1.51. The van der Waals surface area contributed by atoms with Crippen LogP contribution in [-0.4, -0.2) is 0 Å². The van der Waals surface area contributed by atoms with Crippen LogP contribution in [-0.2, 0) is 5.41 Å². The Morgan fingerprint density at radius 2 is 1.26 bits per heavy atom. The molecule has 0 N–H and O–H groups in total. The Labute approximate surface area is 139 Å². The van der Waals surface area contributed by atoms with Crippen molar-refractivity contribution >= 4 is 0 Å². The summed E-state index contributed by atoms with van der Waals surface area (Å²) in [6, 6.07) is 19.0. The summed E-state index contributed by atoms with van der Waals surface area (Å²) in [6.45, 7) is 6.79. The molecule has 19 heavy (non-hydrogen) atoms. The molecule has 1 nitrogen and oxygen atoms in total. The van der Waals surface area contributed by atoms with Gasteiger partial charge in [-0.25, -0.2) is 0 Å². The van der Waals surface area contributed by atoms with Gasteiger partial charge in [-0.2, -0.15) is 0 Å². The first-order valence-electron chi connectivity index (χ1n) is 6.34. The van der Waals surface area contributed by atoms with Crippen LogP contribution in [0.5, 0.6) is 5.75 Å². The Morgan fingerprint density at radius 1 is 0.842 bits per heavy atom. The fraction of sp³-hybridized carbons (Fsp3) is 0.294. The molecule has 96 valence electrons. The zero-order chi connectivity index (χ0) is 13.4. The largest absolute Gasteiger partial charge is 1.00 e. The minimum absolute atomic E-state index is 0. The van der Waals surface area contributed by atoms with Crippen molar-refractivity contribution in [3.05, 3.63) is 66.2 Å². The first-order valence-corrected chi connectivity index (χ1v) is 6.34. The third-order valence-corrected chi connectivity index (χ3v) is 3.18. The van der Waals surface area contributed by atoms with E-state index in [1.165, 1.54) is 24.1 Å². The average molecular weight is 264 g/mol. The van der Waals surface area contributed by atoms with Crippen LogP contribution in [0.3, 0.4) is 0 Å². The molecule has 0 aliphatic heterocycles. The molecule has 0 aliphatic rings. The van der Waals surface area contributed by atoms with Crippen molar-refractivity contribution in [3.63, 3.8) is 0 Å². The van der Waals surface area contributed by atoms with Crippen LogP contribution in [0.4, 0.5) is 0 Å². The zero-order valence-corrected chi connectivity index (χ0v) is 14.4. The summed E-state index contributed by atoms with van der Waals surface area (Å²) in [4.78, 5) is 0. The molecule has 0 radical (unpaired) electrons. The minimum Gasteiger partial charge on any atom is -0.872 e. The van der Waals surface area contributed by atoms with Crippen LogP contribution in [0.1, 0.15) is 32.8 Å². The predicted molar refractivity (Wildman–Crippen MR) is 75.6 cm³/mol. The minimum atomic E-state index is 0. The maximum atomic E-state index is 10.3. The third kappa shape index (κ3) is 6.81. The van der Waals surface area contributed by atoms with E-state index >= 15 is 0 Å². The molecule has 0 amide bonds. The summed E-state index contributed by atoms with van der Waals surface area (Å²) in [5, 5.41) is 10.3. The van der Waals surface area contributed by atoms with Crippen molar-refractivity contribution in [1.82, 2.24) is 0 Å². The van der Waals surface area contributed by atoms with Crippen molar-refractivity contribution in [2.75, 3.05) is 0 Å². The normalized spacial score (nSPS) is 9.84. The molecule has 0 spiro atoms. The molecule has 0 unspecified atom stereocenters. The van der Waals surface area contributed by atoms with E-state index in [4.69, 9.17) is 0 Å². The quantitative estimate of drug-likeness (QED) is 0.746. The maximum absolute atomic E-state index is 10.3. The number of hydrogen-bond acceptors (Lipinski definition) is 1. The predicted octanol–water partition coefficient (Wildman–Crippen LogP) is 1.14. The van der Waals surface area contributed by atoms with E-state index in [0.29, 0.717) is 5.41 Å². The summed E-state index contributed by atoms with van der Waals surface area (Å²) in [5.74, 6) is 0.0718. The van der Waals surface area contributed by atoms with Gasteiger partial charge >= 0.3 is 29.6 Å². The maximum Gasteiger partial charge on any atom is 1.00 e. The molecule has 0 aliphatic carbocycles. The Kier molecular flexibility index (Phi) is 8.82. The van der Waals surface area contributed by atoms with Crippen LogP contribution >= 0.6 is 0 Å². The fourth-order valence-corrected chi connectivity index (χ4v) is 1.51. The molecule has 2 aromatic rings. The molecule has 2 heteroatoms. The molecule has 2 rings (SSSR count). The van der Waals surface area contributed by atoms with Crippen LogP contribution in [0, 0.1) is 0 Å². The van der Waals surface area contributed by atoms with Gasteiger partial charge in [0.1, 0.15) is 0 Å². The molecule has 0 saturated carbocycles. The van der Waals surface area contributed by atoms with Gasteiger partial charge in [-0.3, -0.25) is 0 Å². The van der Waals surface area contributed by atoms with Crippen LogP contribution in [0.15, 0.2) is 60.7 Å². The van der Waals surface area contributed by atoms with Crippen molar-refractivity contribution in [2.45, 2.75) is 32.6 Å². The summed E-state index contributed by atoms with van der Waals surface area (Å²) in [7, 11) is 0. The molecule has 0 saturated heterocycles. The van der Waals surface area contributed by atoms with Crippen molar-refractivity contribution in [3.8, 4) is 5.75 Å². The summed E-state index contributed by atoms with van der Waals surface area (Å²) < 4.78 is 0. The topological polar surface area (TPSA) is 23.1 Å². The van der Waals surface area contributed by atoms with Crippen LogP contribution in [0.2, 0.25) is 0 Å². The Bertz CT molecular complexity index is 437. The molecule has 0 heterocycles. The van der Waals surface area contributed by atoms with Crippen LogP contribution < -0.4 is 34.7 Å². The second-order valence-corrected chi connectivity index (χ2v) is 4.92. The van der Waals surface area contributed by atoms with Gasteiger partial charge in [0.05, 0.1) is 0 Å². The van der Waals surface area contributed by atoms with Gasteiger partial charge in [-0.1, -0.05) is 81.4 Å². The summed E-state index contributed by atoms with van der Waals surface area (Å²) in [5.41, 5.74) is 1.77. The SMILES string of the molecule is CCC(C)(C)c1ccccc1.[Na+].[O-]c1ccccc1. The Hall–Kier alpha value is -0.760. The van der Waals surface area contributed by atoms with E-state index in [1.54, 1.807) is 12.1 Å². The second-order valence-electron chi connectivity index (χ2n) is 4.92. The van der Waals surface area contributed by atoms with E-state index in [9.17, 15) is 5.11 Å². The van der Waals surface area contributed by atoms with Crippen molar-refractivity contribution in [1.29, 1.82) is 0 Å². The Morgan fingerprint density at radius 3 is 1.58 bits per heavy atom. The second kappa shape index (κ2) is 9.19. The third-order valence-electron chi connectivity index (χ3n) is 3.18. The van der Waals surface area contributed by atoms with E-state index in [0.717, 1.165) is 0 Å². The van der Waals surface area contributed by atoms with Gasteiger partial charge in [0.15, 0.2) is 0 Å². The van der Waals surface area contributed by atoms with Crippen molar-refractivity contribution < 1.29 is 34.7 Å². The number of benzene rings is 2. The zero-order valence-electron chi connectivity index (χ0n) is 12.4. The molecule has 0 bridgehead atoms. The van der Waals surface area contributed by atoms with Gasteiger partial charge in [-0.15, -0.1) is 5.75 Å². The summed E-state index contributed by atoms with van der Waals surface area (Å²) >= 11 is 0. The van der Waals surface area contributed by atoms with Crippen molar-refractivity contribution in [2.24, 2.45) is 0 Å². The molecule has 0 atom stereocenters. The number of para-hydroxylation sites is 1. The van der Waals surface area contributed by atoms with E-state index in [2.05, 4.69) is 51.1 Å². The van der Waals surface area contributed by atoms with E-state index in [1.807, 2.05) is 6.07 Å². The molecule has 0 fully saturated rings. The monoisotopic (exact) mass is 264 g/mol. The molecular formula is C17H21NaO. The number of rotatable bonds is 2. The van der Waals surface area contributed by atoms with Gasteiger partial charge in [0.2, 0.25) is 0 Å². The number of hydrogen-bond donors (Lipinski definition) is 0. The van der Waals surface area contributed by atoms with Crippen LogP contribution in [0.25, 0.3) is 0 Å². The van der Waals surface area contributed by atoms with Gasteiger partial charge in [-0.05, 0) is 17.4 Å². The first-order chi connectivity index (χ1) is 8.56. The molecule has 2 aromatic carbocycles. The molecule has 0 aromatic heterocycles. The Balaban J connectivity index is 0.000000352. The molecular weight excluding hydrogens is 243 g/mol. The first kappa shape index (κ1) is 18.2.